The summed E-state index contributed by atoms with van der Waals surface area (Å²) in [5.74, 6) is 2.78. The van der Waals surface area contributed by atoms with Crippen molar-refractivity contribution in [3.8, 4) is 0 Å². The first-order valence-corrected chi connectivity index (χ1v) is 8.64. The Morgan fingerprint density at radius 3 is 2.65 bits per heavy atom. The molecule has 1 saturated heterocycles. The van der Waals surface area contributed by atoms with Gasteiger partial charge >= 0.3 is 0 Å². The van der Waals surface area contributed by atoms with Gasteiger partial charge in [0.05, 0.1) is 16.9 Å². The van der Waals surface area contributed by atoms with Gasteiger partial charge in [0.15, 0.2) is 5.82 Å². The van der Waals surface area contributed by atoms with E-state index in [1.54, 1.807) is 12.3 Å². The van der Waals surface area contributed by atoms with Gasteiger partial charge in [-0.3, -0.25) is 0 Å². The van der Waals surface area contributed by atoms with Crippen molar-refractivity contribution in [2.24, 2.45) is 0 Å². The lowest BCUT2D eigenvalue weighted by Gasteiger charge is -2.30. The van der Waals surface area contributed by atoms with E-state index >= 15 is 0 Å². The minimum Gasteiger partial charge on any atom is -0.397 e. The van der Waals surface area contributed by atoms with Gasteiger partial charge in [-0.25, -0.2) is 9.97 Å². The lowest BCUT2D eigenvalue weighted by atomic mass is 9.99. The summed E-state index contributed by atoms with van der Waals surface area (Å²) in [6.07, 6.45) is 3.97. The van der Waals surface area contributed by atoms with Crippen LogP contribution in [0.1, 0.15) is 19.8 Å². The summed E-state index contributed by atoms with van der Waals surface area (Å²) in [6, 6.07) is 5.51. The normalized spacial score (nSPS) is 15.8. The summed E-state index contributed by atoms with van der Waals surface area (Å²) in [7, 11) is 0. The molecule has 0 spiro atoms. The van der Waals surface area contributed by atoms with Crippen molar-refractivity contribution in [2.75, 3.05) is 29.5 Å². The van der Waals surface area contributed by atoms with Crippen LogP contribution in [0.4, 0.5) is 17.3 Å². The number of piperidine rings is 1. The second-order valence-corrected chi connectivity index (χ2v) is 7.03. The van der Waals surface area contributed by atoms with Gasteiger partial charge in [-0.15, -0.1) is 0 Å². The molecule has 0 bridgehead atoms. The van der Waals surface area contributed by atoms with Crippen LogP contribution in [0.25, 0.3) is 0 Å². The van der Waals surface area contributed by atoms with Gasteiger partial charge < -0.3 is 16.4 Å². The van der Waals surface area contributed by atoms with Gasteiger partial charge in [0.25, 0.3) is 0 Å². The molecule has 1 aliphatic heterocycles. The van der Waals surface area contributed by atoms with Crippen LogP contribution in [0.5, 0.6) is 0 Å². The number of anilines is 3. The van der Waals surface area contributed by atoms with Crippen molar-refractivity contribution >= 4 is 40.7 Å². The topological polar surface area (TPSA) is 81.1 Å². The molecule has 2 heterocycles. The fourth-order valence-corrected chi connectivity index (χ4v) is 3.50. The van der Waals surface area contributed by atoms with Gasteiger partial charge in [-0.05, 0) is 30.9 Å². The van der Waals surface area contributed by atoms with Crippen molar-refractivity contribution in [1.82, 2.24) is 9.97 Å². The summed E-state index contributed by atoms with van der Waals surface area (Å²) >= 11 is 7.59. The van der Waals surface area contributed by atoms with Crippen LogP contribution >= 0.6 is 23.4 Å². The van der Waals surface area contributed by atoms with E-state index in [-0.39, 0.29) is 0 Å². The summed E-state index contributed by atoms with van der Waals surface area (Å²) in [6.45, 7) is 4.13. The molecule has 7 heteroatoms. The average Bonchev–Trinajstić information content (AvgIpc) is 2.54. The number of hydrogen-bond donors (Lipinski definition) is 2. The first-order valence-electron chi connectivity index (χ1n) is 7.45. The summed E-state index contributed by atoms with van der Waals surface area (Å²) in [5, 5.41) is 1.16. The van der Waals surface area contributed by atoms with Crippen LogP contribution in [0, 0.1) is 5.92 Å². The average molecular weight is 349 g/mol. The zero-order chi connectivity index (χ0) is 16.4. The molecule has 1 aromatic heterocycles. The molecule has 2 aromatic rings. The highest BCUT2D eigenvalue weighted by Crippen LogP contribution is 2.37. The van der Waals surface area contributed by atoms with Crippen LogP contribution in [-0.4, -0.2) is 23.1 Å². The monoisotopic (exact) mass is 348 g/mol. The van der Waals surface area contributed by atoms with Crippen molar-refractivity contribution in [2.45, 2.75) is 29.7 Å². The zero-order valence-corrected chi connectivity index (χ0v) is 14.5. The molecule has 23 heavy (non-hydrogen) atoms. The first kappa shape index (κ1) is 16.2. The third kappa shape index (κ3) is 3.64. The largest absolute Gasteiger partial charge is 0.397 e. The molecule has 121 valence electrons. The van der Waals surface area contributed by atoms with E-state index in [1.165, 1.54) is 17.7 Å². The molecule has 1 radical (unpaired) electrons. The highest BCUT2D eigenvalue weighted by Gasteiger charge is 2.19. The maximum Gasteiger partial charge on any atom is 0.158 e. The van der Waals surface area contributed by atoms with Gasteiger partial charge in [0, 0.05) is 18.0 Å². The minimum atomic E-state index is 0.414. The minimum absolute atomic E-state index is 0.414. The van der Waals surface area contributed by atoms with E-state index in [9.17, 15) is 0 Å². The molecular weight excluding hydrogens is 330 g/mol. The lowest BCUT2D eigenvalue weighted by Crippen LogP contribution is -2.33. The standard InChI is InChI=1S/C16H19ClN5S/c1-10-5-7-22(8-6-10)13-9-20-16(15(19)21-13)23-12-4-2-3-11(18)14(12)17/h2-4,9H,5-8,18H2,1H3,(H2,19,21). The Hall–Kier alpha value is -1.66. The molecule has 1 aliphatic rings. The molecule has 0 unspecified atom stereocenters. The molecule has 1 fully saturated rings. The van der Waals surface area contributed by atoms with E-state index in [0.29, 0.717) is 21.6 Å². The Labute approximate surface area is 145 Å². The van der Waals surface area contributed by atoms with Crippen molar-refractivity contribution in [1.29, 1.82) is 0 Å². The molecule has 0 aliphatic carbocycles. The number of aromatic nitrogens is 2. The van der Waals surface area contributed by atoms with Crippen LogP contribution in [0.2, 0.25) is 5.02 Å². The Bertz CT molecular complexity index is 701. The van der Waals surface area contributed by atoms with Gasteiger partial charge in [0.1, 0.15) is 10.8 Å². The Balaban J connectivity index is 1.78. The molecular formula is C16H19ClN5S. The van der Waals surface area contributed by atoms with Crippen molar-refractivity contribution in [3.05, 3.63) is 35.3 Å². The molecule has 4 N–H and O–H groups in total. The van der Waals surface area contributed by atoms with E-state index in [1.807, 2.05) is 12.1 Å². The van der Waals surface area contributed by atoms with E-state index in [2.05, 4.69) is 21.8 Å². The second-order valence-electron chi connectivity index (χ2n) is 5.62. The van der Waals surface area contributed by atoms with Crippen LogP contribution in [-0.2, 0) is 0 Å². The fraction of sp³-hybridized carbons (Fsp3) is 0.312. The second kappa shape index (κ2) is 6.84. The highest BCUT2D eigenvalue weighted by atomic mass is 35.5. The number of benzene rings is 1. The molecule has 3 rings (SSSR count). The third-order valence-corrected chi connectivity index (χ3v) is 5.49. The summed E-state index contributed by atoms with van der Waals surface area (Å²) in [5.41, 5.74) is 12.5. The zero-order valence-electron chi connectivity index (χ0n) is 12.9. The Kier molecular flexibility index (Phi) is 4.82. The van der Waals surface area contributed by atoms with Gasteiger partial charge in [-0.1, -0.05) is 36.4 Å². The molecule has 0 amide bonds. The predicted octanol–water partition coefficient (Wildman–Crippen LogP) is 3.64. The molecule has 0 atom stereocenters. The van der Waals surface area contributed by atoms with Gasteiger partial charge in [-0.2, -0.15) is 0 Å². The Morgan fingerprint density at radius 1 is 1.22 bits per heavy atom. The molecule has 0 saturated carbocycles. The van der Waals surface area contributed by atoms with E-state index in [4.69, 9.17) is 23.1 Å². The van der Waals surface area contributed by atoms with Crippen molar-refractivity contribution < 1.29 is 0 Å². The van der Waals surface area contributed by atoms with Crippen LogP contribution < -0.4 is 16.4 Å². The highest BCUT2D eigenvalue weighted by molar-refractivity contribution is 7.99. The third-order valence-electron chi connectivity index (χ3n) is 3.89. The number of nitrogens with zero attached hydrogens (tertiary/aromatic N) is 3. The summed E-state index contributed by atoms with van der Waals surface area (Å²) in [4.78, 5) is 12.0. The first-order chi connectivity index (χ1) is 11.0. The SMILES string of the molecule is C[C]1CCN(c2cnc(Sc3cccc(N)c3Cl)c(N)n2)CC1. The van der Waals surface area contributed by atoms with Gasteiger partial charge in [0.2, 0.25) is 0 Å². The maximum absolute atomic E-state index is 6.22. The number of halogens is 1. The quantitative estimate of drug-likeness (QED) is 0.824. The van der Waals surface area contributed by atoms with E-state index in [0.717, 1.165) is 36.6 Å². The van der Waals surface area contributed by atoms with Crippen LogP contribution in [0.3, 0.4) is 0 Å². The number of nitrogen functional groups attached to an aromatic ring is 2. The molecule has 1 aromatic carbocycles. The number of hydrogen-bond acceptors (Lipinski definition) is 6. The maximum atomic E-state index is 6.22. The predicted molar refractivity (Wildman–Crippen MR) is 96.8 cm³/mol. The summed E-state index contributed by atoms with van der Waals surface area (Å²) < 4.78 is 0. The Morgan fingerprint density at radius 2 is 1.96 bits per heavy atom. The smallest absolute Gasteiger partial charge is 0.158 e. The molecule has 5 nitrogen and oxygen atoms in total. The fourth-order valence-electron chi connectivity index (χ4n) is 2.44. The van der Waals surface area contributed by atoms with Crippen molar-refractivity contribution in [3.63, 3.8) is 0 Å². The number of nitrogens with two attached hydrogens (primary N) is 2. The van der Waals surface area contributed by atoms with E-state index < -0.39 is 0 Å². The number of rotatable bonds is 3. The lowest BCUT2D eigenvalue weighted by molar-refractivity contribution is 0.608. The van der Waals surface area contributed by atoms with Crippen LogP contribution in [0.15, 0.2) is 34.3 Å².